The van der Waals surface area contributed by atoms with Crippen molar-refractivity contribution in [1.29, 1.82) is 0 Å². The number of nitrogens with zero attached hydrogens (tertiary/aromatic N) is 3. The van der Waals surface area contributed by atoms with E-state index < -0.39 is 0 Å². The van der Waals surface area contributed by atoms with Crippen molar-refractivity contribution in [2.75, 3.05) is 13.6 Å². The van der Waals surface area contributed by atoms with Crippen LogP contribution in [0.5, 0.6) is 0 Å². The first-order chi connectivity index (χ1) is 9.79. The summed E-state index contributed by atoms with van der Waals surface area (Å²) in [6.45, 7) is 0.785. The molecule has 0 bridgehead atoms. The molecule has 1 aromatic carbocycles. The number of hydrazine groups is 1. The molecule has 5 nitrogen and oxygen atoms in total. The number of nitrogens with one attached hydrogen (secondary N) is 1. The van der Waals surface area contributed by atoms with Crippen molar-refractivity contribution in [2.24, 2.45) is 10.8 Å². The third-order valence-corrected chi connectivity index (χ3v) is 2.91. The van der Waals surface area contributed by atoms with Gasteiger partial charge in [-0.3, -0.25) is 10.4 Å². The Kier molecular flexibility index (Phi) is 5.08. The van der Waals surface area contributed by atoms with Crippen LogP contribution in [0.2, 0.25) is 0 Å². The van der Waals surface area contributed by atoms with E-state index in [-0.39, 0.29) is 0 Å². The molecular weight excluding hydrogens is 250 g/mol. The number of aliphatic imine (C=N–C) groups is 1. The van der Waals surface area contributed by atoms with E-state index in [1.54, 1.807) is 6.20 Å². The van der Waals surface area contributed by atoms with Gasteiger partial charge in [0.15, 0.2) is 0 Å². The second kappa shape index (κ2) is 7.25. The molecule has 5 heteroatoms. The van der Waals surface area contributed by atoms with E-state index in [1.807, 2.05) is 60.5 Å². The van der Waals surface area contributed by atoms with Crippen molar-refractivity contribution >= 4 is 11.6 Å². The minimum Gasteiger partial charge on any atom is -0.344 e. The molecule has 2 aromatic rings. The molecule has 3 N–H and O–H groups in total. The molecule has 0 aliphatic heterocycles. The molecule has 1 aromatic heterocycles. The highest BCUT2D eigenvalue weighted by Crippen LogP contribution is 2.10. The molecular formula is C15H19N5. The van der Waals surface area contributed by atoms with E-state index in [2.05, 4.69) is 15.4 Å². The Bertz CT molecular complexity index is 539. The fourth-order valence-corrected chi connectivity index (χ4v) is 1.79. The smallest absolute Gasteiger partial charge is 0.213 e. The van der Waals surface area contributed by atoms with Crippen molar-refractivity contribution in [3.63, 3.8) is 0 Å². The van der Waals surface area contributed by atoms with Gasteiger partial charge in [-0.05, 0) is 24.3 Å². The maximum absolute atomic E-state index is 5.55. The molecule has 0 radical (unpaired) electrons. The summed E-state index contributed by atoms with van der Waals surface area (Å²) in [7, 11) is 1.95. The zero-order chi connectivity index (χ0) is 14.2. The van der Waals surface area contributed by atoms with Crippen LogP contribution in [0.25, 0.3) is 0 Å². The van der Waals surface area contributed by atoms with Crippen LogP contribution in [0, 0.1) is 0 Å². The standard InChI is InChI=1S/C15H19N5/c1-20(12-10-13-7-5-6-11-17-13)15(19-16)18-14-8-3-2-4-9-14/h2-9,11H,10,12,16H2,1H3,(H,18,19). The second-order valence-electron chi connectivity index (χ2n) is 4.41. The Labute approximate surface area is 119 Å². The number of likely N-dealkylation sites (N-methyl/N-ethyl adjacent to an activating group) is 1. The van der Waals surface area contributed by atoms with Gasteiger partial charge < -0.3 is 4.90 Å². The summed E-state index contributed by atoms with van der Waals surface area (Å²) in [6, 6.07) is 15.6. The van der Waals surface area contributed by atoms with Gasteiger partial charge in [-0.2, -0.15) is 0 Å². The average molecular weight is 269 g/mol. The van der Waals surface area contributed by atoms with Crippen molar-refractivity contribution in [3.8, 4) is 0 Å². The van der Waals surface area contributed by atoms with E-state index in [4.69, 9.17) is 5.84 Å². The van der Waals surface area contributed by atoms with Gasteiger partial charge in [-0.1, -0.05) is 24.3 Å². The summed E-state index contributed by atoms with van der Waals surface area (Å²) in [5.74, 6) is 6.18. The summed E-state index contributed by atoms with van der Waals surface area (Å²) in [4.78, 5) is 10.8. The highest BCUT2D eigenvalue weighted by atomic mass is 15.4. The van der Waals surface area contributed by atoms with Crippen LogP contribution in [-0.4, -0.2) is 29.4 Å². The lowest BCUT2D eigenvalue weighted by Gasteiger charge is -2.20. The Morgan fingerprint density at radius 1 is 1.20 bits per heavy atom. The van der Waals surface area contributed by atoms with Gasteiger partial charge in [0.1, 0.15) is 0 Å². The molecule has 0 unspecified atom stereocenters. The first-order valence-corrected chi connectivity index (χ1v) is 6.51. The number of hydrogen-bond donors (Lipinski definition) is 2. The molecule has 2 rings (SSSR count). The zero-order valence-corrected chi connectivity index (χ0v) is 11.5. The Balaban J connectivity index is 1.99. The number of aromatic nitrogens is 1. The molecule has 1 heterocycles. The average Bonchev–Trinajstić information content (AvgIpc) is 2.52. The molecule has 104 valence electrons. The van der Waals surface area contributed by atoms with Crippen LogP contribution in [0.4, 0.5) is 5.69 Å². The Hall–Kier alpha value is -2.40. The number of benzene rings is 1. The van der Waals surface area contributed by atoms with E-state index in [0.717, 1.165) is 24.3 Å². The normalized spacial score (nSPS) is 11.2. The lowest BCUT2D eigenvalue weighted by molar-refractivity contribution is 0.485. The van der Waals surface area contributed by atoms with E-state index in [1.165, 1.54) is 0 Å². The first-order valence-electron chi connectivity index (χ1n) is 6.51. The van der Waals surface area contributed by atoms with Gasteiger partial charge >= 0.3 is 0 Å². The molecule has 0 amide bonds. The Morgan fingerprint density at radius 3 is 2.60 bits per heavy atom. The fraction of sp³-hybridized carbons (Fsp3) is 0.200. The number of guanidine groups is 1. The van der Waals surface area contributed by atoms with Crippen LogP contribution in [0.15, 0.2) is 59.7 Å². The molecule has 0 aliphatic carbocycles. The minimum atomic E-state index is 0.632. The number of para-hydroxylation sites is 1. The first kappa shape index (κ1) is 14.0. The van der Waals surface area contributed by atoms with Gasteiger partial charge in [0, 0.05) is 31.9 Å². The maximum Gasteiger partial charge on any atom is 0.213 e. The molecule has 20 heavy (non-hydrogen) atoms. The molecule has 0 spiro atoms. The minimum absolute atomic E-state index is 0.632. The second-order valence-corrected chi connectivity index (χ2v) is 4.41. The highest BCUT2D eigenvalue weighted by Gasteiger charge is 2.05. The summed E-state index contributed by atoms with van der Waals surface area (Å²) >= 11 is 0. The Morgan fingerprint density at radius 2 is 1.95 bits per heavy atom. The van der Waals surface area contributed by atoms with Gasteiger partial charge in [-0.15, -0.1) is 0 Å². The third kappa shape index (κ3) is 4.07. The summed E-state index contributed by atoms with van der Waals surface area (Å²) in [6.07, 6.45) is 2.64. The molecule has 0 saturated carbocycles. The van der Waals surface area contributed by atoms with E-state index in [0.29, 0.717) is 5.96 Å². The molecule has 0 saturated heterocycles. The third-order valence-electron chi connectivity index (χ3n) is 2.91. The van der Waals surface area contributed by atoms with Crippen molar-refractivity contribution in [3.05, 3.63) is 60.4 Å². The monoisotopic (exact) mass is 269 g/mol. The van der Waals surface area contributed by atoms with Crippen LogP contribution < -0.4 is 11.3 Å². The highest BCUT2D eigenvalue weighted by molar-refractivity contribution is 5.81. The molecule has 0 aliphatic rings. The van der Waals surface area contributed by atoms with Gasteiger partial charge in [-0.25, -0.2) is 10.8 Å². The maximum atomic E-state index is 5.55. The largest absolute Gasteiger partial charge is 0.344 e. The van der Waals surface area contributed by atoms with Crippen LogP contribution >= 0.6 is 0 Å². The predicted molar refractivity (Wildman–Crippen MR) is 81.4 cm³/mol. The SMILES string of the molecule is CN(CCc1ccccn1)C(=Nc1ccccc1)NN. The topological polar surface area (TPSA) is 66.5 Å². The number of hydrogen-bond acceptors (Lipinski definition) is 3. The summed E-state index contributed by atoms with van der Waals surface area (Å²) in [5.41, 5.74) is 4.56. The predicted octanol–water partition coefficient (Wildman–Crippen LogP) is 1.71. The van der Waals surface area contributed by atoms with Gasteiger partial charge in [0.25, 0.3) is 0 Å². The summed E-state index contributed by atoms with van der Waals surface area (Å²) in [5, 5.41) is 0. The van der Waals surface area contributed by atoms with E-state index >= 15 is 0 Å². The number of rotatable bonds is 4. The molecule has 0 atom stereocenters. The van der Waals surface area contributed by atoms with Gasteiger partial charge in [0.2, 0.25) is 5.96 Å². The van der Waals surface area contributed by atoms with Crippen LogP contribution in [-0.2, 0) is 6.42 Å². The van der Waals surface area contributed by atoms with Crippen LogP contribution in [0.1, 0.15) is 5.69 Å². The lowest BCUT2D eigenvalue weighted by Crippen LogP contribution is -2.43. The van der Waals surface area contributed by atoms with Crippen molar-refractivity contribution < 1.29 is 0 Å². The zero-order valence-electron chi connectivity index (χ0n) is 11.5. The van der Waals surface area contributed by atoms with Crippen LogP contribution in [0.3, 0.4) is 0 Å². The fourth-order valence-electron chi connectivity index (χ4n) is 1.79. The lowest BCUT2D eigenvalue weighted by atomic mass is 10.2. The van der Waals surface area contributed by atoms with Crippen molar-refractivity contribution in [2.45, 2.75) is 6.42 Å². The molecule has 0 fully saturated rings. The quantitative estimate of drug-likeness (QED) is 0.384. The summed E-state index contributed by atoms with van der Waals surface area (Å²) < 4.78 is 0. The number of nitrogens with two attached hydrogens (primary N) is 1. The van der Waals surface area contributed by atoms with E-state index in [9.17, 15) is 0 Å². The number of pyridine rings is 1. The van der Waals surface area contributed by atoms with Crippen molar-refractivity contribution in [1.82, 2.24) is 15.3 Å². The van der Waals surface area contributed by atoms with Gasteiger partial charge in [0.05, 0.1) is 5.69 Å².